The minimum absolute atomic E-state index is 0.00629. The molecule has 2 aromatic rings. The van der Waals surface area contributed by atoms with Gasteiger partial charge in [-0.3, -0.25) is 4.79 Å². The molecule has 0 aliphatic heterocycles. The predicted octanol–water partition coefficient (Wildman–Crippen LogP) is 2.58. The van der Waals surface area contributed by atoms with Gasteiger partial charge in [-0.05, 0) is 30.3 Å². The molecule has 23 heavy (non-hydrogen) atoms. The van der Waals surface area contributed by atoms with Gasteiger partial charge in [-0.1, -0.05) is 23.2 Å². The van der Waals surface area contributed by atoms with Crippen molar-refractivity contribution in [3.8, 4) is 0 Å². The number of hydrogen-bond donors (Lipinski definition) is 1. The van der Waals surface area contributed by atoms with Gasteiger partial charge in [0.25, 0.3) is 15.9 Å². The maximum absolute atomic E-state index is 12.1. The average Bonchev–Trinajstić information content (AvgIpc) is 2.87. The molecule has 0 aliphatic carbocycles. The van der Waals surface area contributed by atoms with Crippen molar-refractivity contribution in [2.75, 3.05) is 6.26 Å². The van der Waals surface area contributed by atoms with Crippen LogP contribution in [-0.4, -0.2) is 29.0 Å². The largest absolute Gasteiger partial charge is 0.273 e. The molecule has 0 fully saturated rings. The molecule has 1 aromatic heterocycles. The summed E-state index contributed by atoms with van der Waals surface area (Å²) in [5, 5.41) is 0.290. The lowest BCUT2D eigenvalue weighted by molar-refractivity contribution is 0.0981. The summed E-state index contributed by atoms with van der Waals surface area (Å²) >= 11 is 12.1. The Kier molecular flexibility index (Phi) is 5.07. The Morgan fingerprint density at radius 2 is 1.65 bits per heavy atom. The number of carbonyl (C=O) groups excluding carboxylic acids is 1. The van der Waals surface area contributed by atoms with Crippen LogP contribution in [0.15, 0.2) is 38.8 Å². The highest BCUT2D eigenvalue weighted by atomic mass is 35.5. The van der Waals surface area contributed by atoms with Crippen molar-refractivity contribution in [2.45, 2.75) is 8.42 Å². The topological polar surface area (TPSA) is 97.4 Å². The Bertz CT molecular complexity index is 980. The first-order chi connectivity index (χ1) is 10.5. The standard InChI is InChI=1S/C12H9Cl2NO5S3/c1-22(17,18)10-4-5-11(21-10)23(19,20)15-12(16)8-3-2-7(13)6-9(8)14/h2-6H,1H3,(H,15,16). The molecule has 1 aromatic carbocycles. The van der Waals surface area contributed by atoms with E-state index in [9.17, 15) is 21.6 Å². The van der Waals surface area contributed by atoms with Crippen molar-refractivity contribution < 1.29 is 21.6 Å². The second kappa shape index (κ2) is 6.40. The molecule has 0 spiro atoms. The van der Waals surface area contributed by atoms with Crippen molar-refractivity contribution in [3.05, 3.63) is 45.9 Å². The Hall–Kier alpha value is -1.13. The van der Waals surface area contributed by atoms with Crippen molar-refractivity contribution in [3.63, 3.8) is 0 Å². The van der Waals surface area contributed by atoms with E-state index in [1.165, 1.54) is 18.2 Å². The molecule has 0 bridgehead atoms. The van der Waals surface area contributed by atoms with E-state index in [1.54, 1.807) is 0 Å². The average molecular weight is 414 g/mol. The molecule has 1 N–H and O–H groups in total. The third-order valence-electron chi connectivity index (χ3n) is 2.59. The number of amides is 1. The third kappa shape index (κ3) is 4.24. The van der Waals surface area contributed by atoms with Crippen molar-refractivity contribution in [2.24, 2.45) is 0 Å². The molecule has 1 heterocycles. The number of nitrogens with one attached hydrogen (secondary N) is 1. The van der Waals surface area contributed by atoms with Crippen LogP contribution < -0.4 is 4.72 Å². The second-order valence-electron chi connectivity index (χ2n) is 4.40. The number of rotatable bonds is 4. The summed E-state index contributed by atoms with van der Waals surface area (Å²) in [5.41, 5.74) is -0.0699. The molecular formula is C12H9Cl2NO5S3. The Morgan fingerprint density at radius 1 is 1.04 bits per heavy atom. The van der Waals surface area contributed by atoms with E-state index >= 15 is 0 Å². The highest BCUT2D eigenvalue weighted by Gasteiger charge is 2.24. The van der Waals surface area contributed by atoms with E-state index in [2.05, 4.69) is 0 Å². The molecule has 2 rings (SSSR count). The molecule has 0 aliphatic rings. The van der Waals surface area contributed by atoms with Crippen LogP contribution >= 0.6 is 34.5 Å². The Balaban J connectivity index is 2.31. The van der Waals surface area contributed by atoms with E-state index in [1.807, 2.05) is 4.72 Å². The van der Waals surface area contributed by atoms with Crippen LogP contribution in [0.3, 0.4) is 0 Å². The Labute approximate surface area is 147 Å². The maximum atomic E-state index is 12.1. The van der Waals surface area contributed by atoms with Gasteiger partial charge in [0, 0.05) is 11.3 Å². The zero-order valence-corrected chi connectivity index (χ0v) is 15.4. The molecule has 6 nitrogen and oxygen atoms in total. The van der Waals surface area contributed by atoms with Gasteiger partial charge in [0.05, 0.1) is 10.6 Å². The maximum Gasteiger partial charge on any atom is 0.273 e. The minimum atomic E-state index is -4.21. The fourth-order valence-corrected chi connectivity index (χ4v) is 5.40. The molecule has 0 saturated carbocycles. The smallest absolute Gasteiger partial charge is 0.268 e. The van der Waals surface area contributed by atoms with Gasteiger partial charge < -0.3 is 0 Å². The molecule has 11 heteroatoms. The summed E-state index contributed by atoms with van der Waals surface area (Å²) in [4.78, 5) is 12.0. The number of benzene rings is 1. The van der Waals surface area contributed by atoms with E-state index in [4.69, 9.17) is 23.2 Å². The number of thiophene rings is 1. The van der Waals surface area contributed by atoms with Gasteiger partial charge in [0.1, 0.15) is 8.42 Å². The summed E-state index contributed by atoms with van der Waals surface area (Å²) in [6, 6.07) is 6.25. The predicted molar refractivity (Wildman–Crippen MR) is 88.5 cm³/mol. The van der Waals surface area contributed by atoms with Crippen LogP contribution in [0.4, 0.5) is 0 Å². The summed E-state index contributed by atoms with van der Waals surface area (Å²) in [5.74, 6) is -0.944. The fourth-order valence-electron chi connectivity index (χ4n) is 1.55. The summed E-state index contributed by atoms with van der Waals surface area (Å²) in [6.07, 6.45) is 0.960. The van der Waals surface area contributed by atoms with Crippen molar-refractivity contribution >= 4 is 60.3 Å². The van der Waals surface area contributed by atoms with E-state index in [0.717, 1.165) is 18.4 Å². The van der Waals surface area contributed by atoms with Gasteiger partial charge in [-0.2, -0.15) is 0 Å². The zero-order valence-electron chi connectivity index (χ0n) is 11.4. The highest BCUT2D eigenvalue weighted by Crippen LogP contribution is 2.26. The van der Waals surface area contributed by atoms with Gasteiger partial charge in [0.15, 0.2) is 9.84 Å². The summed E-state index contributed by atoms with van der Waals surface area (Å²) in [7, 11) is -7.74. The molecule has 0 saturated heterocycles. The SMILES string of the molecule is CS(=O)(=O)c1ccc(S(=O)(=O)NC(=O)c2ccc(Cl)cc2Cl)s1. The van der Waals surface area contributed by atoms with Crippen LogP contribution in [-0.2, 0) is 19.9 Å². The van der Waals surface area contributed by atoms with E-state index < -0.39 is 25.8 Å². The highest BCUT2D eigenvalue weighted by molar-refractivity contribution is 7.95. The lowest BCUT2D eigenvalue weighted by Crippen LogP contribution is -2.30. The molecule has 124 valence electrons. The second-order valence-corrected chi connectivity index (χ2v) is 10.5. The van der Waals surface area contributed by atoms with Crippen LogP contribution in [0.25, 0.3) is 0 Å². The Morgan fingerprint density at radius 3 is 2.17 bits per heavy atom. The zero-order chi connectivity index (χ0) is 17.4. The number of halogens is 2. The van der Waals surface area contributed by atoms with E-state index in [-0.39, 0.29) is 19.0 Å². The van der Waals surface area contributed by atoms with Gasteiger partial charge >= 0.3 is 0 Å². The van der Waals surface area contributed by atoms with Crippen LogP contribution in [0, 0.1) is 0 Å². The number of sulfone groups is 1. The van der Waals surface area contributed by atoms with Gasteiger partial charge in [-0.25, -0.2) is 21.6 Å². The van der Waals surface area contributed by atoms with Gasteiger partial charge in [-0.15, -0.1) is 11.3 Å². The third-order valence-corrected chi connectivity index (χ3v) is 7.87. The lowest BCUT2D eigenvalue weighted by atomic mass is 10.2. The molecule has 1 amide bonds. The summed E-state index contributed by atoms with van der Waals surface area (Å²) in [6.45, 7) is 0. The van der Waals surface area contributed by atoms with Crippen LogP contribution in [0.2, 0.25) is 10.0 Å². The van der Waals surface area contributed by atoms with Crippen LogP contribution in [0.5, 0.6) is 0 Å². The van der Waals surface area contributed by atoms with Gasteiger partial charge in [0.2, 0.25) is 0 Å². The van der Waals surface area contributed by atoms with Crippen molar-refractivity contribution in [1.82, 2.24) is 4.72 Å². The summed E-state index contributed by atoms with van der Waals surface area (Å²) < 4.78 is 48.5. The first kappa shape index (κ1) is 18.2. The number of hydrogen-bond acceptors (Lipinski definition) is 6. The monoisotopic (exact) mass is 413 g/mol. The lowest BCUT2D eigenvalue weighted by Gasteiger charge is -2.06. The molecule has 0 atom stereocenters. The quantitative estimate of drug-likeness (QED) is 0.830. The first-order valence-electron chi connectivity index (χ1n) is 5.83. The molecular weight excluding hydrogens is 405 g/mol. The minimum Gasteiger partial charge on any atom is -0.268 e. The fraction of sp³-hybridized carbons (Fsp3) is 0.0833. The number of carbonyl (C=O) groups is 1. The molecule has 0 radical (unpaired) electrons. The van der Waals surface area contributed by atoms with Crippen LogP contribution in [0.1, 0.15) is 10.4 Å². The number of sulfonamides is 1. The molecule has 0 unspecified atom stereocenters. The normalized spacial score (nSPS) is 12.1. The van der Waals surface area contributed by atoms with Crippen molar-refractivity contribution in [1.29, 1.82) is 0 Å². The van der Waals surface area contributed by atoms with E-state index in [0.29, 0.717) is 16.4 Å². The first-order valence-corrected chi connectivity index (χ1v) is 10.8.